The summed E-state index contributed by atoms with van der Waals surface area (Å²) in [5.74, 6) is 0.554. The number of benzene rings is 1. The second kappa shape index (κ2) is 6.97. The molecule has 0 aliphatic carbocycles. The van der Waals surface area contributed by atoms with Gasteiger partial charge >= 0.3 is 5.91 Å². The Morgan fingerprint density at radius 2 is 2.26 bits per heavy atom. The topological polar surface area (TPSA) is 63.8 Å². The maximum absolute atomic E-state index is 12.1. The number of hydrogen-bond donors (Lipinski definition) is 1. The van der Waals surface area contributed by atoms with Crippen LogP contribution in [0.2, 0.25) is 0 Å². The molecule has 118 valence electrons. The highest BCUT2D eigenvalue weighted by Crippen LogP contribution is 2.24. The molecule has 0 unspecified atom stereocenters. The third-order valence-electron chi connectivity index (χ3n) is 2.97. The number of hydrogen-bond acceptors (Lipinski definition) is 5. The molecule has 2 heterocycles. The van der Waals surface area contributed by atoms with Crippen molar-refractivity contribution in [3.63, 3.8) is 0 Å². The fourth-order valence-corrected chi connectivity index (χ4v) is 3.29. The Morgan fingerprint density at radius 1 is 1.39 bits per heavy atom. The van der Waals surface area contributed by atoms with E-state index in [0.717, 1.165) is 19.8 Å². The van der Waals surface area contributed by atoms with Crippen LogP contribution in [0, 0.1) is 0 Å². The molecular formula is C16H13BrN2O3S. The van der Waals surface area contributed by atoms with Gasteiger partial charge in [-0.25, -0.2) is 5.43 Å². The molecule has 0 atom stereocenters. The summed E-state index contributed by atoms with van der Waals surface area (Å²) in [5.41, 5.74) is 3.08. The van der Waals surface area contributed by atoms with Crippen LogP contribution < -0.4 is 10.2 Å². The van der Waals surface area contributed by atoms with Gasteiger partial charge in [-0.2, -0.15) is 5.10 Å². The Labute approximate surface area is 145 Å². The largest absolute Gasteiger partial charge is 0.494 e. The van der Waals surface area contributed by atoms with Gasteiger partial charge in [0.25, 0.3) is 0 Å². The number of halogens is 1. The molecule has 0 aliphatic heterocycles. The van der Waals surface area contributed by atoms with Gasteiger partial charge < -0.3 is 9.15 Å². The maximum Gasteiger partial charge on any atom is 0.307 e. The molecule has 3 aromatic rings. The molecule has 23 heavy (non-hydrogen) atoms. The fourth-order valence-electron chi connectivity index (χ4n) is 2.00. The Balaban J connectivity index is 1.71. The molecular weight excluding hydrogens is 380 g/mol. The molecule has 1 amide bonds. The molecule has 0 spiro atoms. The SMILES string of the molecule is CCOc1ccc2oc(C(=O)N/N=C/c3ccc(Br)s3)cc2c1. The van der Waals surface area contributed by atoms with Gasteiger partial charge in [0.05, 0.1) is 16.6 Å². The van der Waals surface area contributed by atoms with E-state index in [4.69, 9.17) is 9.15 Å². The molecule has 0 saturated carbocycles. The molecule has 0 radical (unpaired) electrons. The van der Waals surface area contributed by atoms with Crippen molar-refractivity contribution in [1.82, 2.24) is 5.43 Å². The zero-order valence-corrected chi connectivity index (χ0v) is 14.6. The molecule has 3 rings (SSSR count). The average molecular weight is 393 g/mol. The van der Waals surface area contributed by atoms with Crippen LogP contribution in [0.15, 0.2) is 49.7 Å². The van der Waals surface area contributed by atoms with Crippen LogP contribution in [0.3, 0.4) is 0 Å². The number of hydrazone groups is 1. The monoisotopic (exact) mass is 392 g/mol. The van der Waals surface area contributed by atoms with Crippen molar-refractivity contribution in [2.45, 2.75) is 6.92 Å². The van der Waals surface area contributed by atoms with Crippen LogP contribution in [-0.4, -0.2) is 18.7 Å². The van der Waals surface area contributed by atoms with Crippen molar-refractivity contribution in [3.8, 4) is 5.75 Å². The summed E-state index contributed by atoms with van der Waals surface area (Å²) in [7, 11) is 0. The highest BCUT2D eigenvalue weighted by atomic mass is 79.9. The Kier molecular flexibility index (Phi) is 4.78. The normalized spacial score (nSPS) is 11.2. The van der Waals surface area contributed by atoms with Gasteiger partial charge in [0.15, 0.2) is 5.76 Å². The second-order valence-corrected chi connectivity index (χ2v) is 7.08. The number of rotatable bonds is 5. The predicted octanol–water partition coefficient (Wildman–Crippen LogP) is 4.42. The van der Waals surface area contributed by atoms with Gasteiger partial charge in [0.2, 0.25) is 0 Å². The van der Waals surface area contributed by atoms with Crippen LogP contribution in [0.1, 0.15) is 22.4 Å². The fraction of sp³-hybridized carbons (Fsp3) is 0.125. The van der Waals surface area contributed by atoms with Gasteiger partial charge in [0.1, 0.15) is 11.3 Å². The third-order valence-corrected chi connectivity index (χ3v) is 4.53. The number of thiophene rings is 1. The molecule has 0 fully saturated rings. The van der Waals surface area contributed by atoms with E-state index in [1.54, 1.807) is 18.3 Å². The first-order chi connectivity index (χ1) is 11.2. The Morgan fingerprint density at radius 3 is 3.00 bits per heavy atom. The lowest BCUT2D eigenvalue weighted by Gasteiger charge is -2.00. The summed E-state index contributed by atoms with van der Waals surface area (Å²) in [6.07, 6.45) is 1.59. The minimum atomic E-state index is -0.397. The van der Waals surface area contributed by atoms with Crippen molar-refractivity contribution in [3.05, 3.63) is 50.8 Å². The summed E-state index contributed by atoms with van der Waals surface area (Å²) in [6.45, 7) is 2.51. The van der Waals surface area contributed by atoms with Gasteiger partial charge in [-0.3, -0.25) is 4.79 Å². The lowest BCUT2D eigenvalue weighted by molar-refractivity contribution is 0.0929. The number of carbonyl (C=O) groups excluding carboxylic acids is 1. The Hall–Kier alpha value is -2.12. The van der Waals surface area contributed by atoms with Gasteiger partial charge in [-0.05, 0) is 59.3 Å². The lowest BCUT2D eigenvalue weighted by atomic mass is 10.2. The average Bonchev–Trinajstić information content (AvgIpc) is 3.13. The van der Waals surface area contributed by atoms with E-state index in [0.29, 0.717) is 12.2 Å². The quantitative estimate of drug-likeness (QED) is 0.516. The first-order valence-corrected chi connectivity index (χ1v) is 8.52. The summed E-state index contributed by atoms with van der Waals surface area (Å²) in [6, 6.07) is 10.9. The van der Waals surface area contributed by atoms with E-state index in [1.807, 2.05) is 31.2 Å². The first kappa shape index (κ1) is 15.8. The minimum absolute atomic E-state index is 0.207. The van der Waals surface area contributed by atoms with Crippen molar-refractivity contribution < 1.29 is 13.9 Å². The number of amides is 1. The summed E-state index contributed by atoms with van der Waals surface area (Å²) < 4.78 is 12.0. The summed E-state index contributed by atoms with van der Waals surface area (Å²) >= 11 is 4.89. The molecule has 7 heteroatoms. The molecule has 0 aliphatic rings. The molecule has 5 nitrogen and oxygen atoms in total. The van der Waals surface area contributed by atoms with Crippen LogP contribution in [0.25, 0.3) is 11.0 Å². The van der Waals surface area contributed by atoms with Crippen LogP contribution in [0.5, 0.6) is 5.75 Å². The summed E-state index contributed by atoms with van der Waals surface area (Å²) in [5, 5.41) is 4.74. The van der Waals surface area contributed by atoms with Crippen molar-refractivity contribution >= 4 is 50.4 Å². The van der Waals surface area contributed by atoms with Crippen LogP contribution in [0.4, 0.5) is 0 Å². The van der Waals surface area contributed by atoms with E-state index in [2.05, 4.69) is 26.5 Å². The Bertz CT molecular complexity index is 869. The van der Waals surface area contributed by atoms with E-state index in [1.165, 1.54) is 11.3 Å². The maximum atomic E-state index is 12.1. The van der Waals surface area contributed by atoms with Crippen molar-refractivity contribution in [2.24, 2.45) is 5.10 Å². The standard InChI is InChI=1S/C16H13BrN2O3S/c1-2-21-11-3-5-13-10(7-11)8-14(22-13)16(20)19-18-9-12-4-6-15(17)23-12/h3-9H,2H2,1H3,(H,19,20)/b18-9+. The van der Waals surface area contributed by atoms with Crippen molar-refractivity contribution in [2.75, 3.05) is 6.61 Å². The van der Waals surface area contributed by atoms with E-state index >= 15 is 0 Å². The first-order valence-electron chi connectivity index (χ1n) is 6.91. The smallest absolute Gasteiger partial charge is 0.307 e. The van der Waals surface area contributed by atoms with Gasteiger partial charge in [-0.15, -0.1) is 11.3 Å². The van der Waals surface area contributed by atoms with Gasteiger partial charge in [-0.1, -0.05) is 0 Å². The molecule has 0 bridgehead atoms. The van der Waals surface area contributed by atoms with Crippen molar-refractivity contribution in [1.29, 1.82) is 0 Å². The summed E-state index contributed by atoms with van der Waals surface area (Å²) in [4.78, 5) is 13.0. The lowest BCUT2D eigenvalue weighted by Crippen LogP contribution is -2.16. The third kappa shape index (κ3) is 3.80. The van der Waals surface area contributed by atoms with E-state index in [-0.39, 0.29) is 5.76 Å². The zero-order valence-electron chi connectivity index (χ0n) is 12.2. The van der Waals surface area contributed by atoms with E-state index < -0.39 is 5.91 Å². The minimum Gasteiger partial charge on any atom is -0.494 e. The number of nitrogens with zero attached hydrogens (tertiary/aromatic N) is 1. The van der Waals surface area contributed by atoms with Gasteiger partial charge in [0, 0.05) is 10.3 Å². The second-order valence-electron chi connectivity index (χ2n) is 4.58. The zero-order chi connectivity index (χ0) is 16.2. The van der Waals surface area contributed by atoms with E-state index in [9.17, 15) is 4.79 Å². The predicted molar refractivity (Wildman–Crippen MR) is 94.5 cm³/mol. The molecule has 0 saturated heterocycles. The van der Waals surface area contributed by atoms with Crippen LogP contribution in [-0.2, 0) is 0 Å². The number of fused-ring (bicyclic) bond motifs is 1. The number of nitrogens with one attached hydrogen (secondary N) is 1. The molecule has 1 aromatic carbocycles. The molecule has 1 N–H and O–H groups in total. The molecule has 2 aromatic heterocycles. The van der Waals surface area contributed by atoms with Crippen LogP contribution >= 0.6 is 27.3 Å². The highest BCUT2D eigenvalue weighted by molar-refractivity contribution is 9.11. The number of ether oxygens (including phenoxy) is 1. The number of carbonyl (C=O) groups is 1. The number of furan rings is 1. The highest BCUT2D eigenvalue weighted by Gasteiger charge is 2.12.